The summed E-state index contributed by atoms with van der Waals surface area (Å²) < 4.78 is 13.3. The molecule has 1 aliphatic rings. The van der Waals surface area contributed by atoms with E-state index in [9.17, 15) is 14.7 Å². The quantitative estimate of drug-likeness (QED) is 0.313. The molecule has 36 heavy (non-hydrogen) atoms. The predicted molar refractivity (Wildman–Crippen MR) is 137 cm³/mol. The average molecular weight is 512 g/mol. The third-order valence-electron chi connectivity index (χ3n) is 6.49. The van der Waals surface area contributed by atoms with Crippen LogP contribution in [0.4, 0.5) is 0 Å². The van der Waals surface area contributed by atoms with Crippen LogP contribution in [0.25, 0.3) is 10.2 Å². The van der Waals surface area contributed by atoms with Crippen molar-refractivity contribution < 1.29 is 28.7 Å². The average Bonchev–Trinajstić information content (AvgIpc) is 3.39. The number of carboxylic acid groups (broad SMARTS) is 1. The van der Waals surface area contributed by atoms with Gasteiger partial charge in [-0.1, -0.05) is 24.3 Å². The molecular weight excluding hydrogens is 478 g/mol. The molecule has 4 rings (SSSR count). The van der Waals surface area contributed by atoms with Crippen molar-refractivity contribution >= 4 is 33.4 Å². The minimum Gasteiger partial charge on any atom is -0.550 e. The fourth-order valence-electron chi connectivity index (χ4n) is 4.73. The van der Waals surface area contributed by atoms with E-state index in [-0.39, 0.29) is 18.9 Å². The number of nitrogens with one attached hydrogen (secondary N) is 1. The number of carboxylic acids is 1. The monoisotopic (exact) mass is 511 g/mol. The summed E-state index contributed by atoms with van der Waals surface area (Å²) in [5, 5.41) is 15.2. The van der Waals surface area contributed by atoms with Crippen molar-refractivity contribution in [2.45, 2.75) is 32.2 Å². The minimum atomic E-state index is -1.22. The van der Waals surface area contributed by atoms with Crippen LogP contribution in [0, 0.1) is 5.41 Å². The fourth-order valence-corrected chi connectivity index (χ4v) is 5.65. The third kappa shape index (κ3) is 5.96. The molecule has 0 radical (unpaired) electrons. The molecule has 1 heterocycles. The summed E-state index contributed by atoms with van der Waals surface area (Å²) in [6, 6.07) is 11.5. The number of carbonyl (C=O) groups excluding carboxylic acids is 2. The van der Waals surface area contributed by atoms with Crippen LogP contribution in [0.2, 0.25) is 0 Å². The molecule has 0 saturated carbocycles. The van der Waals surface area contributed by atoms with Crippen LogP contribution in [0.15, 0.2) is 36.4 Å². The van der Waals surface area contributed by atoms with Gasteiger partial charge in [0, 0.05) is 30.9 Å². The number of rotatable bonds is 11. The Balaban J connectivity index is 1.45. The Kier molecular flexibility index (Phi) is 7.51. The Labute approximate surface area is 215 Å². The lowest BCUT2D eigenvalue weighted by atomic mass is 9.80. The minimum absolute atomic E-state index is 0.214. The van der Waals surface area contributed by atoms with E-state index in [0.29, 0.717) is 30.9 Å². The van der Waals surface area contributed by atoms with Crippen molar-refractivity contribution in [3.63, 3.8) is 0 Å². The number of aliphatic carboxylic acids is 1. The van der Waals surface area contributed by atoms with Crippen molar-refractivity contribution in [3.8, 4) is 11.5 Å². The number of aromatic nitrogens is 1. The molecule has 0 spiro atoms. The largest absolute Gasteiger partial charge is 0.550 e. The standard InChI is InChI=1S/C27H33N3O5S/c1-30(2,3)10-7-11-35-22-12-20-23(13-21(22)34-4)36-24(29-20)17-28-26(33)27(16-25(31)32)14-18-8-5-6-9-19(18)15-27/h5-6,8-9,12-13H,7,10-11,14-17H2,1-4H3,(H-,28,31,32,33). The van der Waals surface area contributed by atoms with Gasteiger partial charge in [0.15, 0.2) is 11.5 Å². The maximum Gasteiger partial charge on any atom is 0.227 e. The van der Waals surface area contributed by atoms with Crippen molar-refractivity contribution in [1.82, 2.24) is 10.3 Å². The van der Waals surface area contributed by atoms with E-state index in [2.05, 4.69) is 31.4 Å². The summed E-state index contributed by atoms with van der Waals surface area (Å²) in [6.45, 7) is 1.79. The van der Waals surface area contributed by atoms with E-state index in [1.165, 1.54) is 11.3 Å². The first-order valence-electron chi connectivity index (χ1n) is 12.0. The number of nitrogens with zero attached hydrogens (tertiary/aromatic N) is 2. The molecule has 1 N–H and O–H groups in total. The molecular formula is C27H33N3O5S. The summed E-state index contributed by atoms with van der Waals surface area (Å²) in [4.78, 5) is 29.5. The van der Waals surface area contributed by atoms with Crippen molar-refractivity contribution in [3.05, 3.63) is 52.5 Å². The first-order chi connectivity index (χ1) is 17.1. The normalized spacial score (nSPS) is 14.4. The second-order valence-electron chi connectivity index (χ2n) is 10.4. The van der Waals surface area contributed by atoms with Gasteiger partial charge in [0.2, 0.25) is 5.91 Å². The van der Waals surface area contributed by atoms with E-state index in [1.54, 1.807) is 7.11 Å². The molecule has 0 atom stereocenters. The van der Waals surface area contributed by atoms with E-state index in [1.807, 2.05) is 36.4 Å². The summed E-state index contributed by atoms with van der Waals surface area (Å²) >= 11 is 1.46. The molecule has 3 aromatic rings. The number of amides is 1. The highest BCUT2D eigenvalue weighted by molar-refractivity contribution is 7.18. The number of methoxy groups -OCH3 is 1. The maximum atomic E-state index is 13.3. The van der Waals surface area contributed by atoms with Gasteiger partial charge in [-0.25, -0.2) is 4.98 Å². The van der Waals surface area contributed by atoms with Crippen molar-refractivity contribution in [2.24, 2.45) is 5.41 Å². The number of hydrogen-bond donors (Lipinski definition) is 1. The number of ether oxygens (including phenoxy) is 2. The molecule has 0 saturated heterocycles. The molecule has 192 valence electrons. The highest BCUT2D eigenvalue weighted by Crippen LogP contribution is 2.40. The Morgan fingerprint density at radius 3 is 2.44 bits per heavy atom. The Morgan fingerprint density at radius 1 is 1.14 bits per heavy atom. The van der Waals surface area contributed by atoms with Gasteiger partial charge in [0.1, 0.15) is 5.01 Å². The van der Waals surface area contributed by atoms with Gasteiger partial charge < -0.3 is 29.2 Å². The Morgan fingerprint density at radius 2 is 1.83 bits per heavy atom. The topological polar surface area (TPSA) is 101 Å². The number of hydrogen-bond acceptors (Lipinski definition) is 7. The number of benzene rings is 2. The van der Waals surface area contributed by atoms with Gasteiger partial charge in [-0.2, -0.15) is 0 Å². The van der Waals surface area contributed by atoms with Crippen LogP contribution in [-0.4, -0.2) is 62.7 Å². The summed E-state index contributed by atoms with van der Waals surface area (Å²) in [5.41, 5.74) is 1.74. The number of quaternary nitrogens is 1. The highest BCUT2D eigenvalue weighted by Gasteiger charge is 2.43. The Bertz CT molecular complexity index is 1240. The third-order valence-corrected chi connectivity index (χ3v) is 7.51. The van der Waals surface area contributed by atoms with Gasteiger partial charge in [-0.3, -0.25) is 4.79 Å². The zero-order valence-electron chi connectivity index (χ0n) is 21.3. The fraction of sp³-hybridized carbons (Fsp3) is 0.444. The van der Waals surface area contributed by atoms with Crippen LogP contribution in [0.5, 0.6) is 11.5 Å². The first-order valence-corrected chi connectivity index (χ1v) is 12.9. The van der Waals surface area contributed by atoms with Crippen LogP contribution in [-0.2, 0) is 29.0 Å². The van der Waals surface area contributed by atoms with Gasteiger partial charge >= 0.3 is 0 Å². The summed E-state index contributed by atoms with van der Waals surface area (Å²) in [6.07, 6.45) is 1.36. The highest BCUT2D eigenvalue weighted by atomic mass is 32.1. The number of fused-ring (bicyclic) bond motifs is 2. The second kappa shape index (κ2) is 10.4. The van der Waals surface area contributed by atoms with Crippen LogP contribution >= 0.6 is 11.3 Å². The molecule has 2 aromatic carbocycles. The molecule has 0 bridgehead atoms. The SMILES string of the molecule is COc1cc2sc(CNC(=O)C3(CC(=O)[O-])Cc4ccccc4C3)nc2cc1OCCC[N+](C)(C)C. The summed E-state index contributed by atoms with van der Waals surface area (Å²) in [5.74, 6) is -0.229. The van der Waals surface area contributed by atoms with Gasteiger partial charge in [0.25, 0.3) is 0 Å². The molecule has 0 aliphatic heterocycles. The maximum absolute atomic E-state index is 13.3. The lowest BCUT2D eigenvalue weighted by Gasteiger charge is -2.28. The molecule has 1 aliphatic carbocycles. The van der Waals surface area contributed by atoms with Crippen LogP contribution in [0.3, 0.4) is 0 Å². The van der Waals surface area contributed by atoms with E-state index < -0.39 is 11.4 Å². The van der Waals surface area contributed by atoms with Crippen LogP contribution < -0.4 is 19.9 Å². The van der Waals surface area contributed by atoms with Crippen molar-refractivity contribution in [1.29, 1.82) is 0 Å². The van der Waals surface area contributed by atoms with E-state index in [0.717, 1.165) is 43.8 Å². The predicted octanol–water partition coefficient (Wildman–Crippen LogP) is 2.32. The van der Waals surface area contributed by atoms with Gasteiger partial charge in [-0.05, 0) is 24.0 Å². The van der Waals surface area contributed by atoms with Crippen LogP contribution in [0.1, 0.15) is 29.0 Å². The van der Waals surface area contributed by atoms with E-state index in [4.69, 9.17) is 9.47 Å². The zero-order chi connectivity index (χ0) is 25.9. The number of thiazole rings is 1. The molecule has 1 aromatic heterocycles. The number of carbonyl (C=O) groups is 2. The lowest BCUT2D eigenvalue weighted by molar-refractivity contribution is -0.870. The van der Waals surface area contributed by atoms with Gasteiger partial charge in [-0.15, -0.1) is 11.3 Å². The molecule has 0 fully saturated rings. The zero-order valence-corrected chi connectivity index (χ0v) is 22.1. The van der Waals surface area contributed by atoms with E-state index >= 15 is 0 Å². The first kappa shape index (κ1) is 25.9. The van der Waals surface area contributed by atoms with Gasteiger partial charge in [0.05, 0.1) is 63.6 Å². The Hall–Kier alpha value is -3.17. The second-order valence-corrected chi connectivity index (χ2v) is 11.5. The lowest BCUT2D eigenvalue weighted by Crippen LogP contribution is -2.45. The smallest absolute Gasteiger partial charge is 0.227 e. The molecule has 9 heteroatoms. The molecule has 0 unspecified atom stereocenters. The van der Waals surface area contributed by atoms with Crippen molar-refractivity contribution in [2.75, 3.05) is 41.4 Å². The summed E-state index contributed by atoms with van der Waals surface area (Å²) in [7, 11) is 8.05. The molecule has 1 amide bonds. The molecule has 8 nitrogen and oxygen atoms in total.